The molecule has 0 bridgehead atoms. The average Bonchev–Trinajstić information content (AvgIpc) is 3.22. The summed E-state index contributed by atoms with van der Waals surface area (Å²) in [5.41, 5.74) is 2.72. The number of amides is 2. The lowest BCUT2D eigenvalue weighted by Gasteiger charge is -2.14. The van der Waals surface area contributed by atoms with Crippen LogP contribution in [0.2, 0.25) is 0 Å². The van der Waals surface area contributed by atoms with Crippen LogP contribution in [0.25, 0.3) is 0 Å². The van der Waals surface area contributed by atoms with Crippen LogP contribution in [0.3, 0.4) is 0 Å². The molecule has 7 nitrogen and oxygen atoms in total. The summed E-state index contributed by atoms with van der Waals surface area (Å²) in [5, 5.41) is 2.71. The molecule has 0 spiro atoms. The number of aryl methyl sites for hydroxylation is 2. The monoisotopic (exact) mass is 370 g/mol. The van der Waals surface area contributed by atoms with E-state index in [9.17, 15) is 14.4 Å². The predicted molar refractivity (Wildman–Crippen MR) is 97.7 cm³/mol. The summed E-state index contributed by atoms with van der Waals surface area (Å²) < 4.78 is 10.3. The minimum atomic E-state index is -0.568. The predicted octanol–water partition coefficient (Wildman–Crippen LogP) is 2.43. The van der Waals surface area contributed by atoms with E-state index in [0.717, 1.165) is 11.1 Å². The van der Waals surface area contributed by atoms with Crippen molar-refractivity contribution in [3.63, 3.8) is 0 Å². The second-order valence-corrected chi connectivity index (χ2v) is 6.79. The molecule has 3 rings (SSSR count). The quantitative estimate of drug-likeness (QED) is 0.789. The summed E-state index contributed by atoms with van der Waals surface area (Å²) in [6, 6.07) is 9.21. The summed E-state index contributed by atoms with van der Waals surface area (Å²) in [7, 11) is 0. The number of carbonyl (C=O) groups excluding carboxylic acids is 3. The largest absolute Gasteiger partial charge is 0.467 e. The third-order valence-electron chi connectivity index (χ3n) is 4.33. The number of anilines is 1. The number of hydrogen-bond donors (Lipinski definition) is 1. The van der Waals surface area contributed by atoms with Gasteiger partial charge in [-0.1, -0.05) is 6.07 Å². The van der Waals surface area contributed by atoms with E-state index in [0.29, 0.717) is 18.0 Å². The summed E-state index contributed by atoms with van der Waals surface area (Å²) in [6.07, 6.45) is 1.62. The van der Waals surface area contributed by atoms with Crippen LogP contribution in [0, 0.1) is 19.8 Å². The SMILES string of the molecule is Cc1cc(C)cc(NC(=O)COC(=O)[C@@H]2CC(=O)N(Cc3ccco3)C2)c1. The minimum Gasteiger partial charge on any atom is -0.467 e. The van der Waals surface area contributed by atoms with Crippen LogP contribution < -0.4 is 5.32 Å². The van der Waals surface area contributed by atoms with Crippen molar-refractivity contribution in [3.05, 3.63) is 53.5 Å². The number of nitrogens with one attached hydrogen (secondary N) is 1. The standard InChI is InChI=1S/C20H22N2O5/c1-13-6-14(2)8-16(7-13)21-18(23)12-27-20(25)15-9-19(24)22(10-15)11-17-4-3-5-26-17/h3-8,15H,9-12H2,1-2H3,(H,21,23)/t15-/m1/s1. The van der Waals surface area contributed by atoms with Gasteiger partial charge >= 0.3 is 5.97 Å². The average molecular weight is 370 g/mol. The van der Waals surface area contributed by atoms with Crippen LogP contribution in [0.1, 0.15) is 23.3 Å². The molecule has 1 aromatic heterocycles. The zero-order valence-electron chi connectivity index (χ0n) is 15.4. The molecule has 2 heterocycles. The number of furan rings is 1. The molecule has 1 aliphatic heterocycles. The lowest BCUT2D eigenvalue weighted by atomic mass is 10.1. The Bertz CT molecular complexity index is 824. The lowest BCUT2D eigenvalue weighted by Crippen LogP contribution is -2.28. The van der Waals surface area contributed by atoms with Gasteiger partial charge in [0.05, 0.1) is 18.7 Å². The van der Waals surface area contributed by atoms with Gasteiger partial charge in [-0.3, -0.25) is 14.4 Å². The van der Waals surface area contributed by atoms with Crippen molar-refractivity contribution in [3.8, 4) is 0 Å². The molecule has 27 heavy (non-hydrogen) atoms. The highest BCUT2D eigenvalue weighted by atomic mass is 16.5. The second-order valence-electron chi connectivity index (χ2n) is 6.79. The Kier molecular flexibility index (Phi) is 5.59. The zero-order chi connectivity index (χ0) is 19.4. The Morgan fingerprint density at radius 2 is 2.00 bits per heavy atom. The molecule has 1 atom stereocenters. The molecule has 0 radical (unpaired) electrons. The minimum absolute atomic E-state index is 0.0816. The fourth-order valence-corrected chi connectivity index (χ4v) is 3.17. The maximum Gasteiger partial charge on any atom is 0.311 e. The van der Waals surface area contributed by atoms with Crippen LogP contribution in [0.5, 0.6) is 0 Å². The van der Waals surface area contributed by atoms with Gasteiger partial charge in [0.25, 0.3) is 5.91 Å². The van der Waals surface area contributed by atoms with Crippen molar-refractivity contribution in [1.29, 1.82) is 0 Å². The number of carbonyl (C=O) groups is 3. The summed E-state index contributed by atoms with van der Waals surface area (Å²) in [6.45, 7) is 4.08. The van der Waals surface area contributed by atoms with Gasteiger partial charge in [0.15, 0.2) is 6.61 Å². The summed E-state index contributed by atoms with van der Waals surface area (Å²) in [4.78, 5) is 37.8. The number of esters is 1. The summed E-state index contributed by atoms with van der Waals surface area (Å²) in [5.74, 6) is -0.995. The zero-order valence-corrected chi connectivity index (χ0v) is 15.4. The van der Waals surface area contributed by atoms with E-state index in [-0.39, 0.29) is 25.5 Å². The fourth-order valence-electron chi connectivity index (χ4n) is 3.17. The number of hydrogen-bond acceptors (Lipinski definition) is 5. The number of rotatable bonds is 6. The topological polar surface area (TPSA) is 88.8 Å². The molecule has 0 saturated carbocycles. The van der Waals surface area contributed by atoms with Gasteiger partial charge in [-0.05, 0) is 49.2 Å². The molecule has 2 amide bonds. The molecule has 2 aromatic rings. The van der Waals surface area contributed by atoms with E-state index in [1.807, 2.05) is 32.0 Å². The molecule has 7 heteroatoms. The Hall–Kier alpha value is -3.09. The maximum absolute atomic E-state index is 12.2. The van der Waals surface area contributed by atoms with Crippen LogP contribution in [-0.4, -0.2) is 35.8 Å². The van der Waals surface area contributed by atoms with Crippen molar-refractivity contribution < 1.29 is 23.5 Å². The second kappa shape index (κ2) is 8.07. The van der Waals surface area contributed by atoms with E-state index in [2.05, 4.69) is 5.32 Å². The number of likely N-dealkylation sites (tertiary alicyclic amines) is 1. The van der Waals surface area contributed by atoms with Gasteiger partial charge in [-0.15, -0.1) is 0 Å². The summed E-state index contributed by atoms with van der Waals surface area (Å²) >= 11 is 0. The van der Waals surface area contributed by atoms with E-state index < -0.39 is 17.8 Å². The lowest BCUT2D eigenvalue weighted by molar-refractivity contribution is -0.151. The number of ether oxygens (including phenoxy) is 1. The molecule has 142 valence electrons. The first-order valence-corrected chi connectivity index (χ1v) is 8.75. The fraction of sp³-hybridized carbons (Fsp3) is 0.350. The molecule has 1 saturated heterocycles. The van der Waals surface area contributed by atoms with E-state index in [4.69, 9.17) is 9.15 Å². The Morgan fingerprint density at radius 1 is 1.26 bits per heavy atom. The smallest absolute Gasteiger partial charge is 0.311 e. The van der Waals surface area contributed by atoms with Gasteiger partial charge in [-0.25, -0.2) is 0 Å². The van der Waals surface area contributed by atoms with Gasteiger partial charge in [-0.2, -0.15) is 0 Å². The third-order valence-corrected chi connectivity index (χ3v) is 4.33. The number of nitrogens with zero attached hydrogens (tertiary/aromatic N) is 1. The maximum atomic E-state index is 12.2. The van der Waals surface area contributed by atoms with Crippen molar-refractivity contribution in [2.24, 2.45) is 5.92 Å². The van der Waals surface area contributed by atoms with E-state index in [1.165, 1.54) is 6.26 Å². The molecule has 1 aromatic carbocycles. The van der Waals surface area contributed by atoms with Crippen LogP contribution in [-0.2, 0) is 25.7 Å². The van der Waals surface area contributed by atoms with Gasteiger partial charge in [0, 0.05) is 18.7 Å². The first-order chi connectivity index (χ1) is 12.9. The van der Waals surface area contributed by atoms with Crippen molar-refractivity contribution in [2.45, 2.75) is 26.8 Å². The van der Waals surface area contributed by atoms with Crippen molar-refractivity contribution in [1.82, 2.24) is 4.90 Å². The Morgan fingerprint density at radius 3 is 2.67 bits per heavy atom. The molecule has 0 unspecified atom stereocenters. The molecular weight excluding hydrogens is 348 g/mol. The Labute approximate surface area is 157 Å². The normalized spacial score (nSPS) is 16.4. The third kappa shape index (κ3) is 4.97. The highest BCUT2D eigenvalue weighted by Gasteiger charge is 2.35. The molecule has 1 fully saturated rings. The van der Waals surface area contributed by atoms with E-state index in [1.54, 1.807) is 17.0 Å². The van der Waals surface area contributed by atoms with Crippen LogP contribution in [0.4, 0.5) is 5.69 Å². The van der Waals surface area contributed by atoms with Crippen molar-refractivity contribution in [2.75, 3.05) is 18.5 Å². The van der Waals surface area contributed by atoms with Crippen LogP contribution >= 0.6 is 0 Å². The van der Waals surface area contributed by atoms with Gasteiger partial charge in [0.2, 0.25) is 5.91 Å². The van der Waals surface area contributed by atoms with Crippen molar-refractivity contribution >= 4 is 23.5 Å². The van der Waals surface area contributed by atoms with E-state index >= 15 is 0 Å². The van der Waals surface area contributed by atoms with Gasteiger partial charge < -0.3 is 19.4 Å². The highest BCUT2D eigenvalue weighted by molar-refractivity contribution is 5.93. The van der Waals surface area contributed by atoms with Crippen LogP contribution in [0.15, 0.2) is 41.0 Å². The molecule has 1 aliphatic rings. The first-order valence-electron chi connectivity index (χ1n) is 8.75. The number of benzene rings is 1. The first kappa shape index (κ1) is 18.7. The molecule has 1 N–H and O–H groups in total. The van der Waals surface area contributed by atoms with Gasteiger partial charge in [0.1, 0.15) is 5.76 Å². The molecular formula is C20H22N2O5. The Balaban J connectivity index is 1.47. The highest BCUT2D eigenvalue weighted by Crippen LogP contribution is 2.21. The molecule has 0 aliphatic carbocycles.